The van der Waals surface area contributed by atoms with Crippen LogP contribution in [0.3, 0.4) is 0 Å². The molecule has 1 aromatic heterocycles. The second-order valence-corrected chi connectivity index (χ2v) is 7.51. The van der Waals surface area contributed by atoms with Crippen molar-refractivity contribution in [2.45, 2.75) is 50.0 Å². The molecule has 6 nitrogen and oxygen atoms in total. The molecule has 1 aliphatic carbocycles. The van der Waals surface area contributed by atoms with Crippen molar-refractivity contribution in [1.29, 1.82) is 0 Å². The maximum Gasteiger partial charge on any atom is 0.252 e. The summed E-state index contributed by atoms with van der Waals surface area (Å²) < 4.78 is 11.2. The van der Waals surface area contributed by atoms with E-state index in [9.17, 15) is 9.90 Å². The standard InChI is InChI=1S/C20H26N2O4/c1-25-16-3-4-17-13(10-16)9-14(19(24)21-17)12-22-8-7-20(26-2)6-5-15(23)11-18(20)22/h3-4,9-10,15,18,23H,5-8,11-12H2,1-2H3,(H,21,24)/t15-,18-,20+/m0/s1. The highest BCUT2D eigenvalue weighted by Gasteiger charge is 2.50. The minimum Gasteiger partial charge on any atom is -0.497 e. The topological polar surface area (TPSA) is 74.8 Å². The van der Waals surface area contributed by atoms with E-state index >= 15 is 0 Å². The number of nitrogens with one attached hydrogen (secondary N) is 1. The van der Waals surface area contributed by atoms with Gasteiger partial charge in [-0.25, -0.2) is 0 Å². The fourth-order valence-corrected chi connectivity index (χ4v) is 4.65. The molecule has 2 aromatic rings. The van der Waals surface area contributed by atoms with Gasteiger partial charge in [-0.1, -0.05) is 0 Å². The van der Waals surface area contributed by atoms with Gasteiger partial charge in [-0.05, 0) is 49.9 Å². The molecule has 2 heterocycles. The predicted octanol–water partition coefficient (Wildman–Crippen LogP) is 2.04. The lowest BCUT2D eigenvalue weighted by molar-refractivity contribution is -0.0879. The molecule has 2 N–H and O–H groups in total. The Hall–Kier alpha value is -1.89. The number of nitrogens with zero attached hydrogens (tertiary/aromatic N) is 1. The lowest BCUT2D eigenvalue weighted by Gasteiger charge is -2.42. The molecule has 1 aliphatic heterocycles. The molecule has 0 amide bonds. The first kappa shape index (κ1) is 17.5. The summed E-state index contributed by atoms with van der Waals surface area (Å²) in [6.45, 7) is 1.44. The first-order valence-electron chi connectivity index (χ1n) is 9.22. The predicted molar refractivity (Wildman–Crippen MR) is 99.5 cm³/mol. The van der Waals surface area contributed by atoms with E-state index in [1.807, 2.05) is 24.3 Å². The normalized spacial score (nSPS) is 29.0. The summed E-state index contributed by atoms with van der Waals surface area (Å²) in [5, 5.41) is 11.1. The lowest BCUT2D eigenvalue weighted by Crippen LogP contribution is -2.51. The monoisotopic (exact) mass is 358 g/mol. The highest BCUT2D eigenvalue weighted by molar-refractivity contribution is 5.80. The summed E-state index contributed by atoms with van der Waals surface area (Å²) in [5.41, 5.74) is 1.29. The zero-order valence-electron chi connectivity index (χ0n) is 15.3. The van der Waals surface area contributed by atoms with Gasteiger partial charge in [0.15, 0.2) is 0 Å². The zero-order chi connectivity index (χ0) is 18.3. The van der Waals surface area contributed by atoms with E-state index in [0.717, 1.165) is 48.0 Å². The molecule has 26 heavy (non-hydrogen) atoms. The minimum atomic E-state index is -0.289. The van der Waals surface area contributed by atoms with E-state index in [0.29, 0.717) is 13.0 Å². The number of aromatic amines is 1. The van der Waals surface area contributed by atoms with Crippen LogP contribution in [0.2, 0.25) is 0 Å². The van der Waals surface area contributed by atoms with Gasteiger partial charge in [-0.15, -0.1) is 0 Å². The molecule has 1 saturated heterocycles. The molecule has 140 valence electrons. The number of aromatic nitrogens is 1. The molecule has 0 spiro atoms. The number of pyridine rings is 1. The van der Waals surface area contributed by atoms with Crippen molar-refractivity contribution >= 4 is 10.9 Å². The van der Waals surface area contributed by atoms with E-state index in [1.165, 1.54) is 0 Å². The van der Waals surface area contributed by atoms with Gasteiger partial charge in [0.2, 0.25) is 0 Å². The number of fused-ring (bicyclic) bond motifs is 2. The van der Waals surface area contributed by atoms with Crippen LogP contribution in [0.1, 0.15) is 31.2 Å². The summed E-state index contributed by atoms with van der Waals surface area (Å²) in [6, 6.07) is 7.74. The Morgan fingerprint density at radius 2 is 2.15 bits per heavy atom. The number of aliphatic hydroxyl groups excluding tert-OH is 1. The van der Waals surface area contributed by atoms with Crippen molar-refractivity contribution in [3.63, 3.8) is 0 Å². The quantitative estimate of drug-likeness (QED) is 0.875. The lowest BCUT2D eigenvalue weighted by atomic mass is 9.79. The van der Waals surface area contributed by atoms with Crippen LogP contribution in [0.25, 0.3) is 10.9 Å². The Labute approximate surface area is 152 Å². The number of likely N-dealkylation sites (tertiary alicyclic amines) is 1. The third kappa shape index (κ3) is 2.92. The van der Waals surface area contributed by atoms with Crippen molar-refractivity contribution < 1.29 is 14.6 Å². The Bertz CT molecular complexity index is 865. The molecule has 0 bridgehead atoms. The Morgan fingerprint density at radius 1 is 1.31 bits per heavy atom. The number of aliphatic hydroxyl groups is 1. The molecule has 2 fully saturated rings. The second-order valence-electron chi connectivity index (χ2n) is 7.51. The van der Waals surface area contributed by atoms with E-state index in [4.69, 9.17) is 9.47 Å². The van der Waals surface area contributed by atoms with Crippen molar-refractivity contribution in [3.8, 4) is 5.75 Å². The smallest absolute Gasteiger partial charge is 0.252 e. The maximum absolute atomic E-state index is 12.6. The average Bonchev–Trinajstić information content (AvgIpc) is 3.00. The van der Waals surface area contributed by atoms with Crippen LogP contribution in [-0.2, 0) is 11.3 Å². The highest BCUT2D eigenvalue weighted by atomic mass is 16.5. The number of methoxy groups -OCH3 is 2. The van der Waals surface area contributed by atoms with Crippen LogP contribution >= 0.6 is 0 Å². The van der Waals surface area contributed by atoms with Crippen molar-refractivity contribution in [2.24, 2.45) is 0 Å². The van der Waals surface area contributed by atoms with E-state index in [1.54, 1.807) is 14.2 Å². The van der Waals surface area contributed by atoms with E-state index in [-0.39, 0.29) is 23.3 Å². The van der Waals surface area contributed by atoms with Gasteiger partial charge >= 0.3 is 0 Å². The highest BCUT2D eigenvalue weighted by Crippen LogP contribution is 2.42. The van der Waals surface area contributed by atoms with Gasteiger partial charge in [0.1, 0.15) is 5.75 Å². The third-order valence-electron chi connectivity index (χ3n) is 6.17. The average molecular weight is 358 g/mol. The van der Waals surface area contributed by atoms with Gasteiger partial charge < -0.3 is 19.6 Å². The number of ether oxygens (including phenoxy) is 2. The van der Waals surface area contributed by atoms with Gasteiger partial charge in [-0.3, -0.25) is 9.69 Å². The van der Waals surface area contributed by atoms with E-state index in [2.05, 4.69) is 9.88 Å². The fraction of sp³-hybridized carbons (Fsp3) is 0.550. The SMILES string of the molecule is COc1ccc2[nH]c(=O)c(CN3CC[C@]4(OC)CC[C@H](O)C[C@H]34)cc2c1. The summed E-state index contributed by atoms with van der Waals surface area (Å²) in [7, 11) is 3.40. The molecule has 3 atom stereocenters. The van der Waals surface area contributed by atoms with Crippen LogP contribution in [-0.4, -0.2) is 53.5 Å². The molecule has 0 unspecified atom stereocenters. The van der Waals surface area contributed by atoms with Gasteiger partial charge in [0, 0.05) is 42.7 Å². The number of hydrogen-bond acceptors (Lipinski definition) is 5. The summed E-state index contributed by atoms with van der Waals surface area (Å²) >= 11 is 0. The molecule has 1 saturated carbocycles. The molecule has 4 rings (SSSR count). The number of benzene rings is 1. The Morgan fingerprint density at radius 3 is 2.92 bits per heavy atom. The van der Waals surface area contributed by atoms with Crippen LogP contribution in [0.5, 0.6) is 5.75 Å². The Kier molecular flexibility index (Phi) is 4.50. The van der Waals surface area contributed by atoms with Crippen LogP contribution in [0.15, 0.2) is 29.1 Å². The summed E-state index contributed by atoms with van der Waals surface area (Å²) in [5.74, 6) is 0.769. The van der Waals surface area contributed by atoms with Crippen LogP contribution < -0.4 is 10.3 Å². The summed E-state index contributed by atoms with van der Waals surface area (Å²) in [6.07, 6.45) is 3.02. The molecule has 2 aliphatic rings. The van der Waals surface area contributed by atoms with Crippen LogP contribution in [0.4, 0.5) is 0 Å². The molecule has 1 aromatic carbocycles. The van der Waals surface area contributed by atoms with Crippen molar-refractivity contribution in [2.75, 3.05) is 20.8 Å². The number of rotatable bonds is 4. The molecule has 0 radical (unpaired) electrons. The van der Waals surface area contributed by atoms with Crippen molar-refractivity contribution in [1.82, 2.24) is 9.88 Å². The minimum absolute atomic E-state index is 0.0612. The molecular weight excluding hydrogens is 332 g/mol. The molecular formula is C20H26N2O4. The van der Waals surface area contributed by atoms with Gasteiger partial charge in [-0.2, -0.15) is 0 Å². The van der Waals surface area contributed by atoms with Gasteiger partial charge in [0.05, 0.1) is 18.8 Å². The van der Waals surface area contributed by atoms with Crippen molar-refractivity contribution in [3.05, 3.63) is 40.2 Å². The Balaban J connectivity index is 1.64. The van der Waals surface area contributed by atoms with E-state index < -0.39 is 0 Å². The first-order valence-corrected chi connectivity index (χ1v) is 9.22. The zero-order valence-corrected chi connectivity index (χ0v) is 15.3. The van der Waals surface area contributed by atoms with Gasteiger partial charge in [0.25, 0.3) is 5.56 Å². The third-order valence-corrected chi connectivity index (χ3v) is 6.17. The van der Waals surface area contributed by atoms with Crippen LogP contribution in [0, 0.1) is 0 Å². The molecule has 6 heteroatoms. The maximum atomic E-state index is 12.6. The first-order chi connectivity index (χ1) is 12.5. The second kappa shape index (κ2) is 6.68. The summed E-state index contributed by atoms with van der Waals surface area (Å²) in [4.78, 5) is 17.8. The number of hydrogen-bond donors (Lipinski definition) is 2. The largest absolute Gasteiger partial charge is 0.497 e. The fourth-order valence-electron chi connectivity index (χ4n) is 4.65. The number of H-pyrrole nitrogens is 1.